The zero-order valence-corrected chi connectivity index (χ0v) is 9.74. The number of carbonyl (C=O) groups is 1. The molecule has 0 radical (unpaired) electrons. The van der Waals surface area contributed by atoms with E-state index in [1.165, 1.54) is 12.8 Å². The van der Waals surface area contributed by atoms with Crippen molar-refractivity contribution < 1.29 is 9.90 Å². The summed E-state index contributed by atoms with van der Waals surface area (Å²) in [5, 5.41) is 15.4. The van der Waals surface area contributed by atoms with Gasteiger partial charge >= 0.3 is 0 Å². The van der Waals surface area contributed by atoms with Crippen LogP contribution in [-0.2, 0) is 4.79 Å². The standard InChI is InChI=1S/C12H22N2O2/c15-10-6-9(7-10)8-14-12(16)11-4-2-1-3-5-13-11/h9-11,13,15H,1-8H2,(H,14,16). The summed E-state index contributed by atoms with van der Waals surface area (Å²) in [6, 6.07) is 0.00694. The van der Waals surface area contributed by atoms with Crippen LogP contribution in [0.15, 0.2) is 0 Å². The molecule has 3 N–H and O–H groups in total. The normalized spacial score (nSPS) is 34.9. The molecule has 0 aromatic carbocycles. The molecule has 1 saturated carbocycles. The van der Waals surface area contributed by atoms with Crippen LogP contribution < -0.4 is 10.6 Å². The predicted octanol–water partition coefficient (Wildman–Crippen LogP) is 0.406. The lowest BCUT2D eigenvalue weighted by atomic mass is 9.82. The van der Waals surface area contributed by atoms with Gasteiger partial charge in [-0.1, -0.05) is 12.8 Å². The lowest BCUT2D eigenvalue weighted by molar-refractivity contribution is -0.123. The van der Waals surface area contributed by atoms with Gasteiger partial charge in [0.15, 0.2) is 0 Å². The van der Waals surface area contributed by atoms with Crippen LogP contribution >= 0.6 is 0 Å². The van der Waals surface area contributed by atoms with Gasteiger partial charge in [0.05, 0.1) is 12.1 Å². The highest BCUT2D eigenvalue weighted by Gasteiger charge is 2.28. The molecule has 4 heteroatoms. The quantitative estimate of drug-likeness (QED) is 0.653. The van der Waals surface area contributed by atoms with Crippen LogP contribution in [0.25, 0.3) is 0 Å². The molecule has 1 atom stereocenters. The molecule has 1 unspecified atom stereocenters. The van der Waals surface area contributed by atoms with E-state index in [-0.39, 0.29) is 18.1 Å². The molecule has 92 valence electrons. The van der Waals surface area contributed by atoms with E-state index in [1.54, 1.807) is 0 Å². The summed E-state index contributed by atoms with van der Waals surface area (Å²) in [4.78, 5) is 11.8. The minimum Gasteiger partial charge on any atom is -0.393 e. The van der Waals surface area contributed by atoms with Crippen LogP contribution in [0.5, 0.6) is 0 Å². The van der Waals surface area contributed by atoms with E-state index >= 15 is 0 Å². The Morgan fingerprint density at radius 3 is 2.88 bits per heavy atom. The highest BCUT2D eigenvalue weighted by atomic mass is 16.3. The van der Waals surface area contributed by atoms with Crippen molar-refractivity contribution in [1.82, 2.24) is 10.6 Å². The third-order valence-corrected chi connectivity index (χ3v) is 3.65. The molecule has 1 amide bonds. The smallest absolute Gasteiger partial charge is 0.237 e. The number of amides is 1. The van der Waals surface area contributed by atoms with Crippen LogP contribution in [0.2, 0.25) is 0 Å². The van der Waals surface area contributed by atoms with Crippen molar-refractivity contribution >= 4 is 5.91 Å². The molecule has 2 fully saturated rings. The molecule has 0 aromatic heterocycles. The molecule has 0 bridgehead atoms. The zero-order valence-electron chi connectivity index (χ0n) is 9.74. The van der Waals surface area contributed by atoms with Crippen molar-refractivity contribution in [2.45, 2.75) is 50.7 Å². The van der Waals surface area contributed by atoms with Gasteiger partial charge in [-0.25, -0.2) is 0 Å². The topological polar surface area (TPSA) is 61.4 Å². The minimum atomic E-state index is -0.127. The van der Waals surface area contributed by atoms with E-state index in [0.29, 0.717) is 5.92 Å². The van der Waals surface area contributed by atoms with E-state index in [2.05, 4.69) is 10.6 Å². The fourth-order valence-electron chi connectivity index (χ4n) is 2.49. The summed E-state index contributed by atoms with van der Waals surface area (Å²) < 4.78 is 0. The van der Waals surface area contributed by atoms with Crippen LogP contribution in [0, 0.1) is 5.92 Å². The van der Waals surface area contributed by atoms with Gasteiger partial charge in [0.2, 0.25) is 5.91 Å². The molecule has 2 rings (SSSR count). The summed E-state index contributed by atoms with van der Waals surface area (Å²) >= 11 is 0. The predicted molar refractivity (Wildman–Crippen MR) is 62.0 cm³/mol. The highest BCUT2D eigenvalue weighted by molar-refractivity contribution is 5.81. The van der Waals surface area contributed by atoms with Crippen LogP contribution in [0.1, 0.15) is 38.5 Å². The maximum atomic E-state index is 11.8. The Hall–Kier alpha value is -0.610. The average molecular weight is 226 g/mol. The molecule has 4 nitrogen and oxygen atoms in total. The van der Waals surface area contributed by atoms with Crippen LogP contribution in [0.4, 0.5) is 0 Å². The maximum Gasteiger partial charge on any atom is 0.237 e. The number of rotatable bonds is 3. The summed E-state index contributed by atoms with van der Waals surface area (Å²) in [6.07, 6.45) is 6.07. The Morgan fingerprint density at radius 2 is 2.12 bits per heavy atom. The molecule has 0 aromatic rings. The number of carbonyl (C=O) groups excluding carboxylic acids is 1. The average Bonchev–Trinajstić information content (AvgIpc) is 2.50. The van der Waals surface area contributed by atoms with Gasteiger partial charge < -0.3 is 15.7 Å². The van der Waals surface area contributed by atoms with Crippen molar-refractivity contribution in [2.75, 3.05) is 13.1 Å². The lowest BCUT2D eigenvalue weighted by Crippen LogP contribution is -2.47. The first-order chi connectivity index (χ1) is 7.75. The van der Waals surface area contributed by atoms with Gasteiger partial charge in [-0.15, -0.1) is 0 Å². The Balaban J connectivity index is 1.66. The monoisotopic (exact) mass is 226 g/mol. The number of hydrogen-bond acceptors (Lipinski definition) is 3. The fraction of sp³-hybridized carbons (Fsp3) is 0.917. The van der Waals surface area contributed by atoms with E-state index in [1.807, 2.05) is 0 Å². The van der Waals surface area contributed by atoms with Gasteiger partial charge in [-0.05, 0) is 38.1 Å². The third-order valence-electron chi connectivity index (χ3n) is 3.65. The summed E-state index contributed by atoms with van der Waals surface area (Å²) in [6.45, 7) is 1.69. The van der Waals surface area contributed by atoms with Crippen molar-refractivity contribution in [3.05, 3.63) is 0 Å². The second-order valence-electron chi connectivity index (χ2n) is 5.09. The number of aliphatic hydroxyl groups excluding tert-OH is 1. The minimum absolute atomic E-state index is 0.00694. The summed E-state index contributed by atoms with van der Waals surface area (Å²) in [5.41, 5.74) is 0. The Morgan fingerprint density at radius 1 is 1.31 bits per heavy atom. The Labute approximate surface area is 96.8 Å². The lowest BCUT2D eigenvalue weighted by Gasteiger charge is -2.31. The second-order valence-corrected chi connectivity index (χ2v) is 5.09. The number of aliphatic hydroxyl groups is 1. The van der Waals surface area contributed by atoms with Gasteiger partial charge in [0.1, 0.15) is 0 Å². The Bertz CT molecular complexity index is 231. The molecule has 1 heterocycles. The SMILES string of the molecule is O=C(NCC1CC(O)C1)C1CCCCCN1. The van der Waals surface area contributed by atoms with Crippen LogP contribution in [0.3, 0.4) is 0 Å². The number of hydrogen-bond donors (Lipinski definition) is 3. The molecular formula is C12H22N2O2. The van der Waals surface area contributed by atoms with Gasteiger partial charge in [-0.3, -0.25) is 4.79 Å². The van der Waals surface area contributed by atoms with Crippen molar-refractivity contribution in [3.63, 3.8) is 0 Å². The molecular weight excluding hydrogens is 204 g/mol. The van der Waals surface area contributed by atoms with Gasteiger partial charge in [0, 0.05) is 6.54 Å². The summed E-state index contributed by atoms with van der Waals surface area (Å²) in [7, 11) is 0. The first kappa shape index (κ1) is 11.9. The largest absolute Gasteiger partial charge is 0.393 e. The van der Waals surface area contributed by atoms with Crippen LogP contribution in [-0.4, -0.2) is 36.2 Å². The Kier molecular flexibility index (Phi) is 4.18. The number of nitrogens with one attached hydrogen (secondary N) is 2. The molecule has 1 aliphatic carbocycles. The maximum absolute atomic E-state index is 11.8. The molecule has 0 spiro atoms. The fourth-order valence-corrected chi connectivity index (χ4v) is 2.49. The zero-order chi connectivity index (χ0) is 11.4. The van der Waals surface area contributed by atoms with Gasteiger partial charge in [-0.2, -0.15) is 0 Å². The first-order valence-corrected chi connectivity index (χ1v) is 6.45. The van der Waals surface area contributed by atoms with E-state index < -0.39 is 0 Å². The summed E-state index contributed by atoms with van der Waals surface area (Å²) in [5.74, 6) is 0.632. The van der Waals surface area contributed by atoms with E-state index in [4.69, 9.17) is 5.11 Å². The molecule has 2 aliphatic rings. The van der Waals surface area contributed by atoms with Crippen molar-refractivity contribution in [3.8, 4) is 0 Å². The molecule has 1 aliphatic heterocycles. The van der Waals surface area contributed by atoms with Gasteiger partial charge in [0.25, 0.3) is 0 Å². The third kappa shape index (κ3) is 3.19. The van der Waals surface area contributed by atoms with Crippen molar-refractivity contribution in [1.29, 1.82) is 0 Å². The molecule has 1 saturated heterocycles. The first-order valence-electron chi connectivity index (χ1n) is 6.45. The molecule has 16 heavy (non-hydrogen) atoms. The van der Waals surface area contributed by atoms with Crippen molar-refractivity contribution in [2.24, 2.45) is 5.92 Å². The van der Waals surface area contributed by atoms with E-state index in [9.17, 15) is 4.79 Å². The highest BCUT2D eigenvalue weighted by Crippen LogP contribution is 2.26. The van der Waals surface area contributed by atoms with E-state index in [0.717, 1.165) is 38.8 Å². The second kappa shape index (κ2) is 5.64.